The van der Waals surface area contributed by atoms with Crippen molar-refractivity contribution in [3.05, 3.63) is 27.2 Å². The molecule has 0 aliphatic heterocycles. The van der Waals surface area contributed by atoms with Crippen LogP contribution >= 0.6 is 15.9 Å². The van der Waals surface area contributed by atoms with Crippen LogP contribution in [0, 0.1) is 31.6 Å². The maximum Gasteiger partial charge on any atom is 0.167 e. The van der Waals surface area contributed by atoms with Crippen molar-refractivity contribution in [2.24, 2.45) is 17.8 Å². The molecule has 0 spiro atoms. The van der Waals surface area contributed by atoms with Crippen molar-refractivity contribution < 1.29 is 9.53 Å². The number of hydrogen-bond acceptors (Lipinski definition) is 2. The molecule has 1 aromatic rings. The number of methoxy groups -OCH3 is 1. The van der Waals surface area contributed by atoms with Crippen molar-refractivity contribution in [2.75, 3.05) is 7.11 Å². The molecule has 2 aliphatic carbocycles. The molecule has 0 radical (unpaired) electrons. The van der Waals surface area contributed by atoms with Gasteiger partial charge in [0, 0.05) is 10.9 Å². The Balaban J connectivity index is 1.87. The average Bonchev–Trinajstić information content (AvgIpc) is 3.04. The number of aryl methyl sites for hydroxylation is 1. The second-order valence-electron chi connectivity index (χ2n) is 6.77. The zero-order valence-corrected chi connectivity index (χ0v) is 14.6. The smallest absolute Gasteiger partial charge is 0.167 e. The Kier molecular flexibility index (Phi) is 4.13. The lowest BCUT2D eigenvalue weighted by atomic mass is 9.83. The van der Waals surface area contributed by atoms with E-state index in [4.69, 9.17) is 4.74 Å². The van der Waals surface area contributed by atoms with E-state index >= 15 is 0 Å². The van der Waals surface area contributed by atoms with Crippen LogP contribution in [0.5, 0.6) is 5.75 Å². The molecule has 0 amide bonds. The molecule has 1 aromatic carbocycles. The molecule has 3 atom stereocenters. The second-order valence-corrected chi connectivity index (χ2v) is 7.63. The molecule has 0 heterocycles. The molecule has 0 aromatic heterocycles. The van der Waals surface area contributed by atoms with Gasteiger partial charge in [0.25, 0.3) is 0 Å². The second kappa shape index (κ2) is 5.75. The van der Waals surface area contributed by atoms with Crippen LogP contribution in [-0.4, -0.2) is 12.9 Å². The first-order valence-corrected chi connectivity index (χ1v) is 8.67. The fourth-order valence-corrected chi connectivity index (χ4v) is 4.96. The highest BCUT2D eigenvalue weighted by Gasteiger charge is 2.40. The van der Waals surface area contributed by atoms with E-state index in [9.17, 15) is 4.79 Å². The minimum Gasteiger partial charge on any atom is -0.496 e. The monoisotopic (exact) mass is 350 g/mol. The SMILES string of the molecule is COc1c(C)cc(Br)c(C)c1C(=O)CC1CC2CCC1C2. The summed E-state index contributed by atoms with van der Waals surface area (Å²) in [6.07, 6.45) is 6.01. The van der Waals surface area contributed by atoms with Gasteiger partial charge < -0.3 is 4.74 Å². The predicted octanol–water partition coefficient (Wildman–Crippen LogP) is 5.08. The fourth-order valence-electron chi connectivity index (χ4n) is 4.42. The molecule has 3 heteroatoms. The molecular formula is C18H23BrO2. The van der Waals surface area contributed by atoms with Crippen LogP contribution < -0.4 is 4.74 Å². The summed E-state index contributed by atoms with van der Waals surface area (Å²) in [6, 6.07) is 2.03. The van der Waals surface area contributed by atoms with Gasteiger partial charge in [0.15, 0.2) is 5.78 Å². The van der Waals surface area contributed by atoms with Crippen molar-refractivity contribution in [2.45, 2.75) is 46.0 Å². The minimum absolute atomic E-state index is 0.256. The van der Waals surface area contributed by atoms with E-state index in [2.05, 4.69) is 15.9 Å². The summed E-state index contributed by atoms with van der Waals surface area (Å²) in [5, 5.41) is 0. The maximum absolute atomic E-state index is 12.9. The molecule has 0 saturated heterocycles. The standard InChI is InChI=1S/C18H23BrO2/c1-10-6-15(19)11(2)17(18(10)21-3)16(20)9-14-8-12-4-5-13(14)7-12/h6,12-14H,4-5,7-9H2,1-3H3. The molecule has 21 heavy (non-hydrogen) atoms. The van der Waals surface area contributed by atoms with Crippen LogP contribution in [-0.2, 0) is 0 Å². The molecule has 0 N–H and O–H groups in total. The Morgan fingerprint density at radius 3 is 2.67 bits per heavy atom. The number of ether oxygens (including phenoxy) is 1. The number of halogens is 1. The fraction of sp³-hybridized carbons (Fsp3) is 0.611. The van der Waals surface area contributed by atoms with Crippen molar-refractivity contribution in [3.63, 3.8) is 0 Å². The van der Waals surface area contributed by atoms with E-state index < -0.39 is 0 Å². The quantitative estimate of drug-likeness (QED) is 0.707. The predicted molar refractivity (Wildman–Crippen MR) is 88.1 cm³/mol. The largest absolute Gasteiger partial charge is 0.496 e. The first-order valence-electron chi connectivity index (χ1n) is 7.88. The Morgan fingerprint density at radius 2 is 2.10 bits per heavy atom. The van der Waals surface area contributed by atoms with E-state index in [1.807, 2.05) is 19.9 Å². The summed E-state index contributed by atoms with van der Waals surface area (Å²) in [5.74, 6) is 3.29. The summed E-state index contributed by atoms with van der Waals surface area (Å²) in [6.45, 7) is 4.00. The zero-order valence-electron chi connectivity index (χ0n) is 13.0. The van der Waals surface area contributed by atoms with Gasteiger partial charge in [-0.25, -0.2) is 0 Å². The normalized spacial score (nSPS) is 27.1. The third kappa shape index (κ3) is 2.65. The lowest BCUT2D eigenvalue weighted by Crippen LogP contribution is -2.17. The number of carbonyl (C=O) groups excluding carboxylic acids is 1. The van der Waals surface area contributed by atoms with Gasteiger partial charge in [-0.3, -0.25) is 4.79 Å². The van der Waals surface area contributed by atoms with Gasteiger partial charge >= 0.3 is 0 Å². The number of carbonyl (C=O) groups is 1. The lowest BCUT2D eigenvalue weighted by Gasteiger charge is -2.22. The van der Waals surface area contributed by atoms with Gasteiger partial charge in [0.2, 0.25) is 0 Å². The van der Waals surface area contributed by atoms with Crippen molar-refractivity contribution in [3.8, 4) is 5.75 Å². The zero-order chi connectivity index (χ0) is 15.1. The highest BCUT2D eigenvalue weighted by molar-refractivity contribution is 9.10. The summed E-state index contributed by atoms with van der Waals surface area (Å²) < 4.78 is 6.52. The number of fused-ring (bicyclic) bond motifs is 2. The molecule has 2 saturated carbocycles. The third-order valence-electron chi connectivity index (χ3n) is 5.48. The topological polar surface area (TPSA) is 26.3 Å². The summed E-state index contributed by atoms with van der Waals surface area (Å²) in [4.78, 5) is 12.9. The van der Waals surface area contributed by atoms with Gasteiger partial charge in [0.05, 0.1) is 12.7 Å². The van der Waals surface area contributed by atoms with E-state index in [1.54, 1.807) is 7.11 Å². The lowest BCUT2D eigenvalue weighted by molar-refractivity contribution is 0.0940. The molecule has 114 valence electrons. The number of hydrogen-bond donors (Lipinski definition) is 0. The van der Waals surface area contributed by atoms with Gasteiger partial charge in [-0.2, -0.15) is 0 Å². The summed E-state index contributed by atoms with van der Waals surface area (Å²) in [7, 11) is 1.66. The maximum atomic E-state index is 12.9. The molecule has 3 rings (SSSR count). The van der Waals surface area contributed by atoms with Gasteiger partial charge in [-0.1, -0.05) is 22.4 Å². The molecular weight excluding hydrogens is 328 g/mol. The highest BCUT2D eigenvalue weighted by Crippen LogP contribution is 2.50. The Labute approximate surface area is 135 Å². The Bertz CT molecular complexity index is 579. The molecule has 2 aliphatic rings. The Morgan fingerprint density at radius 1 is 1.33 bits per heavy atom. The minimum atomic E-state index is 0.256. The third-order valence-corrected chi connectivity index (χ3v) is 6.30. The number of Topliss-reactive ketones (excluding diaryl/α,β-unsaturated/α-hetero) is 1. The van der Waals surface area contributed by atoms with Crippen LogP contribution in [0.4, 0.5) is 0 Å². The van der Waals surface area contributed by atoms with Crippen LogP contribution in [0.25, 0.3) is 0 Å². The van der Waals surface area contributed by atoms with E-state index in [0.717, 1.165) is 38.7 Å². The van der Waals surface area contributed by atoms with Crippen LogP contribution in [0.2, 0.25) is 0 Å². The van der Waals surface area contributed by atoms with E-state index in [0.29, 0.717) is 12.3 Å². The van der Waals surface area contributed by atoms with Crippen LogP contribution in [0.3, 0.4) is 0 Å². The van der Waals surface area contributed by atoms with Crippen molar-refractivity contribution >= 4 is 21.7 Å². The molecule has 2 fully saturated rings. The molecule has 2 nitrogen and oxygen atoms in total. The van der Waals surface area contributed by atoms with Crippen LogP contribution in [0.15, 0.2) is 10.5 Å². The van der Waals surface area contributed by atoms with Crippen LogP contribution in [0.1, 0.15) is 53.6 Å². The number of ketones is 1. The summed E-state index contributed by atoms with van der Waals surface area (Å²) in [5.41, 5.74) is 2.81. The van der Waals surface area contributed by atoms with E-state index in [-0.39, 0.29) is 5.78 Å². The van der Waals surface area contributed by atoms with Crippen molar-refractivity contribution in [1.82, 2.24) is 0 Å². The van der Waals surface area contributed by atoms with Gasteiger partial charge in [0.1, 0.15) is 5.75 Å². The van der Waals surface area contributed by atoms with E-state index in [1.165, 1.54) is 25.7 Å². The number of benzene rings is 1. The average molecular weight is 351 g/mol. The molecule has 3 unspecified atom stereocenters. The Hall–Kier alpha value is -0.830. The van der Waals surface area contributed by atoms with Crippen molar-refractivity contribution in [1.29, 1.82) is 0 Å². The van der Waals surface area contributed by atoms with Gasteiger partial charge in [-0.15, -0.1) is 0 Å². The highest BCUT2D eigenvalue weighted by atomic mass is 79.9. The number of rotatable bonds is 4. The molecule has 2 bridgehead atoms. The van der Waals surface area contributed by atoms with Gasteiger partial charge in [-0.05, 0) is 68.1 Å². The first kappa shape index (κ1) is 15.1. The summed E-state index contributed by atoms with van der Waals surface area (Å²) >= 11 is 3.57. The first-order chi connectivity index (χ1) is 10.0.